The van der Waals surface area contributed by atoms with Gasteiger partial charge in [0.2, 0.25) is 6.04 Å². The first kappa shape index (κ1) is 11.3. The van der Waals surface area contributed by atoms with Gasteiger partial charge in [-0.1, -0.05) is 0 Å². The van der Waals surface area contributed by atoms with Crippen molar-refractivity contribution in [2.24, 2.45) is 0 Å². The molecule has 72 valence electrons. The van der Waals surface area contributed by atoms with E-state index in [2.05, 4.69) is 5.32 Å². The van der Waals surface area contributed by atoms with E-state index in [1.54, 1.807) is 14.0 Å². The molecule has 0 fully saturated rings. The molecule has 0 aliphatic heterocycles. The van der Waals surface area contributed by atoms with Crippen LogP contribution in [0.15, 0.2) is 0 Å². The zero-order valence-corrected chi connectivity index (χ0v) is 7.74. The van der Waals surface area contributed by atoms with Gasteiger partial charge >= 0.3 is 0 Å². The number of nitro groups is 1. The second-order valence-electron chi connectivity index (χ2n) is 2.90. The number of hydrogen-bond donors (Lipinski definition) is 1. The van der Waals surface area contributed by atoms with Crippen LogP contribution in [-0.2, 0) is 4.74 Å². The van der Waals surface area contributed by atoms with Gasteiger partial charge in [-0.3, -0.25) is 10.1 Å². The fourth-order valence-corrected chi connectivity index (χ4v) is 0.755. The minimum Gasteiger partial charge on any atom is -0.383 e. The summed E-state index contributed by atoms with van der Waals surface area (Å²) in [4.78, 5) is 9.90. The van der Waals surface area contributed by atoms with Gasteiger partial charge in [-0.05, 0) is 6.92 Å². The SMILES string of the molecule is COCC(C)NCC(C)[N+](=O)[O-]. The van der Waals surface area contributed by atoms with E-state index in [-0.39, 0.29) is 11.0 Å². The lowest BCUT2D eigenvalue weighted by molar-refractivity contribution is -0.516. The number of hydrogen-bond acceptors (Lipinski definition) is 4. The Hall–Kier alpha value is -0.680. The van der Waals surface area contributed by atoms with Crippen molar-refractivity contribution >= 4 is 0 Å². The number of rotatable bonds is 6. The predicted molar refractivity (Wildman–Crippen MR) is 45.8 cm³/mol. The van der Waals surface area contributed by atoms with Crippen LogP contribution >= 0.6 is 0 Å². The second kappa shape index (κ2) is 5.91. The van der Waals surface area contributed by atoms with Gasteiger partial charge in [-0.25, -0.2) is 0 Å². The Labute approximate surface area is 72.2 Å². The van der Waals surface area contributed by atoms with Gasteiger partial charge in [0.05, 0.1) is 13.2 Å². The predicted octanol–water partition coefficient (Wildman–Crippen LogP) is 0.276. The topological polar surface area (TPSA) is 64.4 Å². The summed E-state index contributed by atoms with van der Waals surface area (Å²) in [7, 11) is 1.61. The molecule has 1 N–H and O–H groups in total. The lowest BCUT2D eigenvalue weighted by Crippen LogP contribution is -2.38. The average Bonchev–Trinajstić information content (AvgIpc) is 2.00. The highest BCUT2D eigenvalue weighted by atomic mass is 16.6. The van der Waals surface area contributed by atoms with Crippen LogP contribution in [0.5, 0.6) is 0 Å². The Bertz CT molecular complexity index is 141. The molecule has 5 heteroatoms. The molecule has 5 nitrogen and oxygen atoms in total. The molecule has 0 aliphatic carbocycles. The second-order valence-corrected chi connectivity index (χ2v) is 2.90. The molecule has 0 saturated heterocycles. The number of nitrogens with one attached hydrogen (secondary N) is 1. The summed E-state index contributed by atoms with van der Waals surface area (Å²) in [5.41, 5.74) is 0. The van der Waals surface area contributed by atoms with E-state index >= 15 is 0 Å². The fourth-order valence-electron chi connectivity index (χ4n) is 0.755. The average molecular weight is 176 g/mol. The maximum atomic E-state index is 10.2. The molecule has 0 aromatic carbocycles. The van der Waals surface area contributed by atoms with E-state index < -0.39 is 6.04 Å². The standard InChI is InChI=1S/C7H16N2O3/c1-6(5-12-3)8-4-7(2)9(10)11/h6-8H,4-5H2,1-3H3. The Morgan fingerprint density at radius 3 is 2.58 bits per heavy atom. The van der Waals surface area contributed by atoms with Crippen molar-refractivity contribution in [3.63, 3.8) is 0 Å². The third-order valence-electron chi connectivity index (χ3n) is 1.54. The molecular weight excluding hydrogens is 160 g/mol. The Kier molecular flexibility index (Phi) is 5.57. The number of methoxy groups -OCH3 is 1. The van der Waals surface area contributed by atoms with Crippen LogP contribution in [0, 0.1) is 10.1 Å². The minimum absolute atomic E-state index is 0.164. The highest BCUT2D eigenvalue weighted by Crippen LogP contribution is 1.88. The third kappa shape index (κ3) is 5.03. The first-order valence-corrected chi connectivity index (χ1v) is 3.93. The van der Waals surface area contributed by atoms with Crippen LogP contribution < -0.4 is 5.32 Å². The van der Waals surface area contributed by atoms with E-state index in [9.17, 15) is 10.1 Å². The highest BCUT2D eigenvalue weighted by Gasteiger charge is 2.12. The van der Waals surface area contributed by atoms with Crippen molar-refractivity contribution in [2.75, 3.05) is 20.3 Å². The summed E-state index contributed by atoms with van der Waals surface area (Å²) >= 11 is 0. The lowest BCUT2D eigenvalue weighted by atomic mass is 10.3. The smallest absolute Gasteiger partial charge is 0.222 e. The van der Waals surface area contributed by atoms with Gasteiger partial charge in [0, 0.05) is 25.0 Å². The highest BCUT2D eigenvalue weighted by molar-refractivity contribution is 4.61. The molecule has 0 aromatic rings. The Morgan fingerprint density at radius 1 is 1.58 bits per heavy atom. The molecule has 2 unspecified atom stereocenters. The molecule has 0 aliphatic rings. The fraction of sp³-hybridized carbons (Fsp3) is 1.00. The summed E-state index contributed by atoms with van der Waals surface area (Å²) in [6, 6.07) is -0.373. The number of nitrogens with zero attached hydrogens (tertiary/aromatic N) is 1. The zero-order valence-electron chi connectivity index (χ0n) is 7.74. The van der Waals surface area contributed by atoms with Gasteiger partial charge in [-0.2, -0.15) is 0 Å². The number of ether oxygens (including phenoxy) is 1. The van der Waals surface area contributed by atoms with Crippen molar-refractivity contribution in [1.29, 1.82) is 0 Å². The van der Waals surface area contributed by atoms with Gasteiger partial charge < -0.3 is 10.1 Å². The monoisotopic (exact) mass is 176 g/mol. The molecule has 0 amide bonds. The van der Waals surface area contributed by atoms with Crippen LogP contribution in [0.25, 0.3) is 0 Å². The summed E-state index contributed by atoms with van der Waals surface area (Å²) in [6.45, 7) is 4.46. The Balaban J connectivity index is 3.46. The maximum Gasteiger partial charge on any atom is 0.222 e. The molecule has 0 heterocycles. The zero-order chi connectivity index (χ0) is 9.56. The van der Waals surface area contributed by atoms with Crippen LogP contribution in [-0.4, -0.2) is 37.3 Å². The van der Waals surface area contributed by atoms with E-state index in [1.165, 1.54) is 0 Å². The van der Waals surface area contributed by atoms with E-state index in [0.717, 1.165) is 0 Å². The molecule has 0 rings (SSSR count). The molecular formula is C7H16N2O3. The quantitative estimate of drug-likeness (QED) is 0.466. The van der Waals surface area contributed by atoms with Gasteiger partial charge in [0.25, 0.3) is 0 Å². The molecule has 0 spiro atoms. The molecule has 0 saturated carbocycles. The summed E-state index contributed by atoms with van der Waals surface area (Å²) in [6.07, 6.45) is 0. The van der Waals surface area contributed by atoms with Crippen LogP contribution in [0.1, 0.15) is 13.8 Å². The molecule has 0 radical (unpaired) electrons. The van der Waals surface area contributed by atoms with Crippen LogP contribution in [0.4, 0.5) is 0 Å². The van der Waals surface area contributed by atoms with E-state index in [4.69, 9.17) is 4.74 Å². The third-order valence-corrected chi connectivity index (χ3v) is 1.54. The first-order chi connectivity index (χ1) is 5.57. The minimum atomic E-state index is -0.538. The van der Waals surface area contributed by atoms with Crippen molar-refractivity contribution in [3.8, 4) is 0 Å². The summed E-state index contributed by atoms with van der Waals surface area (Å²) in [5, 5.41) is 13.2. The molecule has 2 atom stereocenters. The Morgan fingerprint density at radius 2 is 2.17 bits per heavy atom. The summed E-state index contributed by atoms with van der Waals surface area (Å²) in [5.74, 6) is 0. The van der Waals surface area contributed by atoms with Crippen LogP contribution in [0.3, 0.4) is 0 Å². The normalized spacial score (nSPS) is 15.6. The first-order valence-electron chi connectivity index (χ1n) is 3.93. The largest absolute Gasteiger partial charge is 0.383 e. The van der Waals surface area contributed by atoms with E-state index in [1.807, 2.05) is 6.92 Å². The van der Waals surface area contributed by atoms with Crippen molar-refractivity contribution in [2.45, 2.75) is 25.9 Å². The maximum absolute atomic E-state index is 10.2. The summed E-state index contributed by atoms with van der Waals surface area (Å²) < 4.78 is 4.86. The lowest BCUT2D eigenvalue weighted by Gasteiger charge is -2.12. The van der Waals surface area contributed by atoms with Crippen molar-refractivity contribution in [1.82, 2.24) is 5.32 Å². The van der Waals surface area contributed by atoms with Gasteiger partial charge in [0.1, 0.15) is 0 Å². The molecule has 0 aromatic heterocycles. The molecule has 12 heavy (non-hydrogen) atoms. The van der Waals surface area contributed by atoms with Gasteiger partial charge in [-0.15, -0.1) is 0 Å². The van der Waals surface area contributed by atoms with Crippen LogP contribution in [0.2, 0.25) is 0 Å². The van der Waals surface area contributed by atoms with Gasteiger partial charge in [0.15, 0.2) is 0 Å². The van der Waals surface area contributed by atoms with Crippen molar-refractivity contribution in [3.05, 3.63) is 10.1 Å². The molecule has 0 bridgehead atoms. The van der Waals surface area contributed by atoms with Crippen molar-refractivity contribution < 1.29 is 9.66 Å². The van der Waals surface area contributed by atoms with E-state index in [0.29, 0.717) is 13.2 Å².